The van der Waals surface area contributed by atoms with Crippen molar-refractivity contribution < 1.29 is 28.2 Å². The number of rotatable bonds is 11. The number of aliphatic hydroxyl groups excluding tert-OH is 1. The number of aromatic nitrogens is 2. The second-order valence-electron chi connectivity index (χ2n) is 8.50. The minimum Gasteiger partial charge on any atom is -0.465 e. The van der Waals surface area contributed by atoms with E-state index < -0.39 is 17.9 Å². The third kappa shape index (κ3) is 5.51. The van der Waals surface area contributed by atoms with Crippen LogP contribution >= 0.6 is 0 Å². The van der Waals surface area contributed by atoms with E-state index in [9.17, 15) is 23.5 Å². The summed E-state index contributed by atoms with van der Waals surface area (Å²) in [5.41, 5.74) is 1.53. The SMILES string of the molecule is CN(c1ccc2c(c1)nc(NC(=O)c1cccc(C(F)F)c1)n2CCCO)C(C)(C)COC=O. The Morgan fingerprint density at radius 3 is 2.74 bits per heavy atom. The zero-order valence-electron chi connectivity index (χ0n) is 19.3. The molecule has 0 aliphatic rings. The number of hydrogen-bond donors (Lipinski definition) is 2. The Bertz CT molecular complexity index is 1160. The number of nitrogens with one attached hydrogen (secondary N) is 1. The molecule has 1 amide bonds. The normalized spacial score (nSPS) is 11.6. The number of halogens is 2. The Morgan fingerprint density at radius 2 is 2.06 bits per heavy atom. The summed E-state index contributed by atoms with van der Waals surface area (Å²) in [6.07, 6.45) is -2.24. The quantitative estimate of drug-likeness (QED) is 0.408. The third-order valence-corrected chi connectivity index (χ3v) is 5.70. The first-order valence-electron chi connectivity index (χ1n) is 10.8. The minimum atomic E-state index is -2.68. The number of nitrogens with zero attached hydrogens (tertiary/aromatic N) is 3. The number of ether oxygens (including phenoxy) is 1. The van der Waals surface area contributed by atoms with Gasteiger partial charge in [-0.15, -0.1) is 0 Å². The summed E-state index contributed by atoms with van der Waals surface area (Å²) < 4.78 is 32.8. The fourth-order valence-corrected chi connectivity index (χ4v) is 3.55. The van der Waals surface area contributed by atoms with Crippen LogP contribution in [-0.4, -0.2) is 52.8 Å². The fourth-order valence-electron chi connectivity index (χ4n) is 3.55. The van der Waals surface area contributed by atoms with Crippen LogP contribution in [0.25, 0.3) is 11.0 Å². The van der Waals surface area contributed by atoms with E-state index in [4.69, 9.17) is 4.74 Å². The van der Waals surface area contributed by atoms with Gasteiger partial charge in [-0.2, -0.15) is 0 Å². The first-order chi connectivity index (χ1) is 16.2. The first-order valence-corrected chi connectivity index (χ1v) is 10.8. The molecule has 10 heteroatoms. The van der Waals surface area contributed by atoms with Crippen molar-refractivity contribution in [3.05, 3.63) is 53.6 Å². The number of likely N-dealkylation sites (N-methyl/N-ethyl adjacent to an activating group) is 1. The number of benzene rings is 2. The molecule has 0 spiro atoms. The number of anilines is 2. The maximum absolute atomic E-state index is 13.0. The van der Waals surface area contributed by atoms with E-state index in [1.165, 1.54) is 18.2 Å². The highest BCUT2D eigenvalue weighted by atomic mass is 19.3. The molecule has 0 aliphatic carbocycles. The third-order valence-electron chi connectivity index (χ3n) is 5.70. The summed E-state index contributed by atoms with van der Waals surface area (Å²) in [4.78, 5) is 29.9. The maximum Gasteiger partial charge on any atom is 0.293 e. The smallest absolute Gasteiger partial charge is 0.293 e. The number of alkyl halides is 2. The van der Waals surface area contributed by atoms with Gasteiger partial charge in [-0.05, 0) is 50.6 Å². The summed E-state index contributed by atoms with van der Waals surface area (Å²) in [6, 6.07) is 10.9. The summed E-state index contributed by atoms with van der Waals surface area (Å²) in [7, 11) is 1.87. The number of fused-ring (bicyclic) bond motifs is 1. The van der Waals surface area contributed by atoms with Gasteiger partial charge in [-0.3, -0.25) is 14.9 Å². The fraction of sp³-hybridized carbons (Fsp3) is 0.375. The van der Waals surface area contributed by atoms with E-state index >= 15 is 0 Å². The molecule has 2 N–H and O–H groups in total. The minimum absolute atomic E-state index is 0.0464. The van der Waals surface area contributed by atoms with Crippen molar-refractivity contribution >= 4 is 35.0 Å². The van der Waals surface area contributed by atoms with Gasteiger partial charge in [-0.1, -0.05) is 12.1 Å². The number of aryl methyl sites for hydroxylation is 1. The molecule has 182 valence electrons. The van der Waals surface area contributed by atoms with Crippen LogP contribution in [0.2, 0.25) is 0 Å². The molecule has 0 saturated heterocycles. The predicted molar refractivity (Wildman–Crippen MR) is 125 cm³/mol. The lowest BCUT2D eigenvalue weighted by atomic mass is 10.0. The van der Waals surface area contributed by atoms with Crippen molar-refractivity contribution in [3.8, 4) is 0 Å². The Kier molecular flexibility index (Phi) is 7.83. The van der Waals surface area contributed by atoms with Crippen LogP contribution < -0.4 is 10.2 Å². The van der Waals surface area contributed by atoms with Crippen LogP contribution in [0.3, 0.4) is 0 Å². The van der Waals surface area contributed by atoms with Gasteiger partial charge in [0.15, 0.2) is 0 Å². The molecule has 0 fully saturated rings. The van der Waals surface area contributed by atoms with Crippen molar-refractivity contribution in [2.24, 2.45) is 0 Å². The molecule has 0 atom stereocenters. The van der Waals surface area contributed by atoms with E-state index in [0.29, 0.717) is 25.0 Å². The van der Waals surface area contributed by atoms with Gasteiger partial charge in [0.2, 0.25) is 5.95 Å². The van der Waals surface area contributed by atoms with Crippen LogP contribution in [0, 0.1) is 0 Å². The number of imidazole rings is 1. The molecule has 0 aliphatic heterocycles. The van der Waals surface area contributed by atoms with Crippen molar-refractivity contribution in [3.63, 3.8) is 0 Å². The Labute approximate surface area is 196 Å². The van der Waals surface area contributed by atoms with Crippen LogP contribution in [0.4, 0.5) is 20.4 Å². The van der Waals surface area contributed by atoms with E-state index in [2.05, 4.69) is 10.3 Å². The van der Waals surface area contributed by atoms with Crippen LogP contribution in [-0.2, 0) is 16.1 Å². The van der Waals surface area contributed by atoms with Crippen LogP contribution in [0.15, 0.2) is 42.5 Å². The number of carbonyl (C=O) groups excluding carboxylic acids is 2. The summed E-state index contributed by atoms with van der Waals surface area (Å²) >= 11 is 0. The predicted octanol–water partition coefficient (Wildman–Crippen LogP) is 4.00. The molecule has 3 aromatic rings. The second-order valence-corrected chi connectivity index (χ2v) is 8.50. The monoisotopic (exact) mass is 474 g/mol. The van der Waals surface area contributed by atoms with Gasteiger partial charge in [0.05, 0.1) is 16.6 Å². The zero-order valence-corrected chi connectivity index (χ0v) is 19.3. The molecule has 3 rings (SSSR count). The molecule has 1 heterocycles. The Hall–Kier alpha value is -3.53. The van der Waals surface area contributed by atoms with Gasteiger partial charge < -0.3 is 19.3 Å². The Balaban J connectivity index is 1.95. The lowest BCUT2D eigenvalue weighted by molar-refractivity contribution is -0.130. The maximum atomic E-state index is 13.0. The molecule has 2 aromatic carbocycles. The number of hydrogen-bond acceptors (Lipinski definition) is 6. The molecule has 0 radical (unpaired) electrons. The molecular formula is C24H28F2N4O4. The molecule has 0 unspecified atom stereocenters. The van der Waals surface area contributed by atoms with Gasteiger partial charge in [0.25, 0.3) is 18.8 Å². The molecule has 0 bridgehead atoms. The summed E-state index contributed by atoms with van der Waals surface area (Å²) in [5.74, 6) is -0.313. The number of carbonyl (C=O) groups is 2. The van der Waals surface area contributed by atoms with E-state index in [1.54, 1.807) is 4.57 Å². The van der Waals surface area contributed by atoms with E-state index in [1.807, 2.05) is 44.0 Å². The van der Waals surface area contributed by atoms with Gasteiger partial charge in [-0.25, -0.2) is 13.8 Å². The molecule has 34 heavy (non-hydrogen) atoms. The summed E-state index contributed by atoms with van der Waals surface area (Å²) in [6.45, 7) is 4.81. The first kappa shape index (κ1) is 25.1. The topological polar surface area (TPSA) is 96.7 Å². The average molecular weight is 475 g/mol. The second kappa shape index (κ2) is 10.6. The van der Waals surface area contributed by atoms with Crippen LogP contribution in [0.1, 0.15) is 42.6 Å². The average Bonchev–Trinajstić information content (AvgIpc) is 3.16. The van der Waals surface area contributed by atoms with Crippen LogP contribution in [0.5, 0.6) is 0 Å². The standard InChI is InChI=1S/C24H28F2N4O4/c1-24(2,14-34-15-32)29(3)18-8-9-20-19(13-18)27-23(30(20)10-5-11-31)28-22(33)17-7-4-6-16(12-17)21(25)26/h4,6-9,12-13,15,21,31H,5,10-11,14H2,1-3H3,(H,27,28,33). The zero-order chi connectivity index (χ0) is 24.9. The molecular weight excluding hydrogens is 446 g/mol. The Morgan fingerprint density at radius 1 is 1.29 bits per heavy atom. The lowest BCUT2D eigenvalue weighted by Crippen LogP contribution is -2.45. The highest BCUT2D eigenvalue weighted by molar-refractivity contribution is 6.04. The van der Waals surface area contributed by atoms with Gasteiger partial charge >= 0.3 is 0 Å². The highest BCUT2D eigenvalue weighted by Gasteiger charge is 2.26. The van der Waals surface area contributed by atoms with Crippen molar-refractivity contribution in [1.82, 2.24) is 9.55 Å². The van der Waals surface area contributed by atoms with Crippen molar-refractivity contribution in [1.29, 1.82) is 0 Å². The van der Waals surface area contributed by atoms with Gasteiger partial charge in [0, 0.05) is 37.0 Å². The van der Waals surface area contributed by atoms with E-state index in [0.717, 1.165) is 17.3 Å². The molecule has 8 nitrogen and oxygen atoms in total. The van der Waals surface area contributed by atoms with Crippen molar-refractivity contribution in [2.75, 3.05) is 30.5 Å². The number of amides is 1. The largest absolute Gasteiger partial charge is 0.465 e. The van der Waals surface area contributed by atoms with Gasteiger partial charge in [0.1, 0.15) is 6.61 Å². The lowest BCUT2D eigenvalue weighted by Gasteiger charge is -2.36. The summed E-state index contributed by atoms with van der Waals surface area (Å²) in [5, 5.41) is 12.0. The van der Waals surface area contributed by atoms with Crippen molar-refractivity contribution in [2.45, 2.75) is 38.8 Å². The molecule has 1 aromatic heterocycles. The van der Waals surface area contributed by atoms with E-state index in [-0.39, 0.29) is 30.3 Å². The highest BCUT2D eigenvalue weighted by Crippen LogP contribution is 2.29. The number of aliphatic hydroxyl groups is 1. The molecule has 0 saturated carbocycles.